The number of aliphatic hydroxyl groups is 1. The summed E-state index contributed by atoms with van der Waals surface area (Å²) in [6.45, 7) is 1.97. The Bertz CT molecular complexity index is 1140. The highest BCUT2D eigenvalue weighted by atomic mass is 32.2. The maximum absolute atomic E-state index is 12.8. The number of aliphatic hydroxyl groups excluding tert-OH is 1. The maximum atomic E-state index is 12.8. The normalized spacial score (nSPS) is 26.3. The zero-order chi connectivity index (χ0) is 23.7. The largest absolute Gasteiger partial charge is 0.487 e. The Morgan fingerprint density at radius 3 is 2.62 bits per heavy atom. The van der Waals surface area contributed by atoms with Crippen LogP contribution >= 0.6 is 0 Å². The molecule has 0 aliphatic carbocycles. The number of fused-ring (bicyclic) bond motifs is 3. The minimum absolute atomic E-state index is 0.00644. The van der Waals surface area contributed by atoms with Gasteiger partial charge >= 0.3 is 0 Å². The summed E-state index contributed by atoms with van der Waals surface area (Å²) in [7, 11) is -3.73. The Morgan fingerprint density at radius 2 is 1.88 bits per heavy atom. The first-order chi connectivity index (χ1) is 16.4. The highest BCUT2D eigenvalue weighted by molar-refractivity contribution is 7.92. The van der Waals surface area contributed by atoms with Crippen molar-refractivity contribution in [3.05, 3.63) is 54.1 Å². The third-order valence-corrected chi connectivity index (χ3v) is 7.97. The van der Waals surface area contributed by atoms with Gasteiger partial charge in [0, 0.05) is 30.3 Å². The van der Waals surface area contributed by atoms with Crippen LogP contribution in [0, 0.1) is 0 Å². The molecule has 2 saturated heterocycles. The standard InChI is InChI=1S/C24H28N2O7S/c27-15-22-24-20(13-17(32-22)14-23(28)26-8-10-31-11-9-26)19-12-16(6-7-21(19)33-24)25-34(29,30)18-4-2-1-3-5-18/h1-7,12,17,20,22,24-25,27H,8-11,13-15H2/t17-,20-,22-,24+/m0/s1. The molecule has 0 unspecified atom stereocenters. The van der Waals surface area contributed by atoms with Crippen LogP contribution < -0.4 is 9.46 Å². The van der Waals surface area contributed by atoms with E-state index < -0.39 is 22.2 Å². The number of morpholine rings is 1. The molecule has 34 heavy (non-hydrogen) atoms. The summed E-state index contributed by atoms with van der Waals surface area (Å²) in [5.41, 5.74) is 1.28. The molecule has 3 aliphatic heterocycles. The fourth-order valence-corrected chi connectivity index (χ4v) is 5.97. The molecule has 0 saturated carbocycles. The molecule has 2 aromatic carbocycles. The predicted molar refractivity (Wildman–Crippen MR) is 123 cm³/mol. The molecule has 0 spiro atoms. The summed E-state index contributed by atoms with van der Waals surface area (Å²) in [5, 5.41) is 9.94. The fraction of sp³-hybridized carbons (Fsp3) is 0.458. The van der Waals surface area contributed by atoms with Crippen molar-refractivity contribution in [2.75, 3.05) is 37.6 Å². The lowest BCUT2D eigenvalue weighted by Crippen LogP contribution is -2.48. The number of sulfonamides is 1. The molecule has 3 heterocycles. The van der Waals surface area contributed by atoms with Gasteiger partial charge in [-0.25, -0.2) is 8.42 Å². The number of amides is 1. The first-order valence-electron chi connectivity index (χ1n) is 11.4. The van der Waals surface area contributed by atoms with Crippen molar-refractivity contribution >= 4 is 21.6 Å². The summed E-state index contributed by atoms with van der Waals surface area (Å²) in [6, 6.07) is 13.3. The summed E-state index contributed by atoms with van der Waals surface area (Å²) in [6.07, 6.45) is -0.573. The summed E-state index contributed by atoms with van der Waals surface area (Å²) >= 11 is 0. The molecular weight excluding hydrogens is 460 g/mol. The monoisotopic (exact) mass is 488 g/mol. The van der Waals surface area contributed by atoms with Gasteiger partial charge in [-0.3, -0.25) is 9.52 Å². The summed E-state index contributed by atoms with van der Waals surface area (Å²) in [5.74, 6) is 0.524. The molecule has 1 amide bonds. The van der Waals surface area contributed by atoms with Crippen molar-refractivity contribution in [3.63, 3.8) is 0 Å². The Labute approximate surface area is 198 Å². The number of hydrogen-bond acceptors (Lipinski definition) is 7. The second kappa shape index (κ2) is 9.53. The topological polar surface area (TPSA) is 114 Å². The summed E-state index contributed by atoms with van der Waals surface area (Å²) in [4.78, 5) is 14.7. The molecule has 5 rings (SSSR count). The molecule has 4 atom stereocenters. The van der Waals surface area contributed by atoms with Crippen molar-refractivity contribution in [2.24, 2.45) is 0 Å². The molecule has 0 radical (unpaired) electrons. The van der Waals surface area contributed by atoms with E-state index in [0.717, 1.165) is 5.56 Å². The van der Waals surface area contributed by atoms with Crippen LogP contribution in [0.1, 0.15) is 24.3 Å². The van der Waals surface area contributed by atoms with Crippen LogP contribution in [0.4, 0.5) is 5.69 Å². The molecular formula is C24H28N2O7S. The lowest BCUT2D eigenvalue weighted by Gasteiger charge is -2.38. The number of ether oxygens (including phenoxy) is 3. The molecule has 2 aromatic rings. The van der Waals surface area contributed by atoms with E-state index in [4.69, 9.17) is 14.2 Å². The van der Waals surface area contributed by atoms with Gasteiger partial charge in [0.2, 0.25) is 5.91 Å². The number of anilines is 1. The van der Waals surface area contributed by atoms with Gasteiger partial charge in [-0.1, -0.05) is 18.2 Å². The smallest absolute Gasteiger partial charge is 0.261 e. The number of nitrogens with zero attached hydrogens (tertiary/aromatic N) is 1. The number of benzene rings is 2. The second-order valence-electron chi connectivity index (χ2n) is 8.77. The average molecular weight is 489 g/mol. The Morgan fingerprint density at radius 1 is 1.12 bits per heavy atom. The maximum Gasteiger partial charge on any atom is 0.261 e. The van der Waals surface area contributed by atoms with Gasteiger partial charge in [0.15, 0.2) is 0 Å². The molecule has 9 nitrogen and oxygen atoms in total. The first-order valence-corrected chi connectivity index (χ1v) is 12.9. The van der Waals surface area contributed by atoms with Crippen LogP contribution in [-0.4, -0.2) is 75.6 Å². The van der Waals surface area contributed by atoms with Gasteiger partial charge in [-0.05, 0) is 36.8 Å². The summed E-state index contributed by atoms with van der Waals surface area (Å²) < 4.78 is 45.6. The number of carbonyl (C=O) groups excluding carboxylic acids is 1. The Balaban J connectivity index is 1.34. The Hall–Kier alpha value is -2.66. The highest BCUT2D eigenvalue weighted by Gasteiger charge is 2.46. The number of hydrogen-bond donors (Lipinski definition) is 2. The Kier molecular flexibility index (Phi) is 6.48. The third-order valence-electron chi connectivity index (χ3n) is 6.57. The van der Waals surface area contributed by atoms with Gasteiger partial charge in [0.05, 0.1) is 37.2 Å². The lowest BCUT2D eigenvalue weighted by molar-refractivity contribution is -0.151. The van der Waals surface area contributed by atoms with E-state index in [1.807, 2.05) is 0 Å². The predicted octanol–water partition coefficient (Wildman–Crippen LogP) is 1.73. The number of nitrogens with one attached hydrogen (secondary N) is 1. The van der Waals surface area contributed by atoms with Gasteiger partial charge in [0.1, 0.15) is 18.0 Å². The average Bonchev–Trinajstić information content (AvgIpc) is 3.22. The van der Waals surface area contributed by atoms with Crippen LogP contribution in [-0.2, 0) is 24.3 Å². The van der Waals surface area contributed by atoms with E-state index >= 15 is 0 Å². The number of rotatable bonds is 6. The van der Waals surface area contributed by atoms with Gasteiger partial charge in [0.25, 0.3) is 10.0 Å². The van der Waals surface area contributed by atoms with Crippen LogP contribution in [0.3, 0.4) is 0 Å². The molecule has 2 N–H and O–H groups in total. The quantitative estimate of drug-likeness (QED) is 0.637. The lowest BCUT2D eigenvalue weighted by atomic mass is 9.84. The van der Waals surface area contributed by atoms with Gasteiger partial charge in [-0.2, -0.15) is 0 Å². The number of carbonyl (C=O) groups is 1. The van der Waals surface area contributed by atoms with Crippen molar-refractivity contribution in [1.82, 2.24) is 4.90 Å². The van der Waals surface area contributed by atoms with E-state index in [-0.39, 0.29) is 35.9 Å². The highest BCUT2D eigenvalue weighted by Crippen LogP contribution is 2.47. The zero-order valence-corrected chi connectivity index (χ0v) is 19.4. The first kappa shape index (κ1) is 23.1. The third kappa shape index (κ3) is 4.63. The molecule has 10 heteroatoms. The van der Waals surface area contributed by atoms with E-state index in [1.165, 1.54) is 12.1 Å². The molecule has 2 fully saturated rings. The van der Waals surface area contributed by atoms with Gasteiger partial charge in [-0.15, -0.1) is 0 Å². The molecule has 182 valence electrons. The second-order valence-corrected chi connectivity index (χ2v) is 10.5. The van der Waals surface area contributed by atoms with E-state index in [1.54, 1.807) is 41.3 Å². The van der Waals surface area contributed by atoms with Crippen LogP contribution in [0.2, 0.25) is 0 Å². The zero-order valence-electron chi connectivity index (χ0n) is 18.6. The van der Waals surface area contributed by atoms with Crippen molar-refractivity contribution in [1.29, 1.82) is 0 Å². The van der Waals surface area contributed by atoms with E-state index in [0.29, 0.717) is 44.2 Å². The van der Waals surface area contributed by atoms with Crippen LogP contribution in [0.5, 0.6) is 5.75 Å². The van der Waals surface area contributed by atoms with Crippen LogP contribution in [0.25, 0.3) is 0 Å². The van der Waals surface area contributed by atoms with Crippen molar-refractivity contribution in [3.8, 4) is 5.75 Å². The minimum Gasteiger partial charge on any atom is -0.487 e. The fourth-order valence-electron chi connectivity index (χ4n) is 4.90. The molecule has 0 bridgehead atoms. The van der Waals surface area contributed by atoms with E-state index in [9.17, 15) is 18.3 Å². The van der Waals surface area contributed by atoms with E-state index in [2.05, 4.69) is 4.72 Å². The SMILES string of the molecule is O=C(C[C@@H]1C[C@H]2c3cc(NS(=O)(=O)c4ccccc4)ccc3O[C@H]2[C@H](CO)O1)N1CCOCC1. The van der Waals surface area contributed by atoms with Gasteiger partial charge < -0.3 is 24.2 Å². The molecule has 0 aromatic heterocycles. The van der Waals surface area contributed by atoms with Crippen molar-refractivity contribution in [2.45, 2.75) is 42.0 Å². The minimum atomic E-state index is -3.73. The van der Waals surface area contributed by atoms with Crippen molar-refractivity contribution < 1.29 is 32.5 Å². The van der Waals surface area contributed by atoms with Crippen LogP contribution in [0.15, 0.2) is 53.4 Å². The molecule has 3 aliphatic rings.